The highest BCUT2D eigenvalue weighted by Crippen LogP contribution is 2.17. The van der Waals surface area contributed by atoms with Gasteiger partial charge in [0.15, 0.2) is 11.5 Å². The molecule has 0 fully saturated rings. The summed E-state index contributed by atoms with van der Waals surface area (Å²) in [7, 11) is 0. The highest BCUT2D eigenvalue weighted by molar-refractivity contribution is 5.96. The Kier molecular flexibility index (Phi) is 4.21. The first kappa shape index (κ1) is 16.6. The van der Waals surface area contributed by atoms with Crippen LogP contribution in [-0.4, -0.2) is 40.2 Å². The smallest absolute Gasteiger partial charge is 0.253 e. The van der Waals surface area contributed by atoms with E-state index in [1.807, 2.05) is 13.0 Å². The number of nitrogens with zero attached hydrogens (tertiary/aromatic N) is 7. The van der Waals surface area contributed by atoms with Gasteiger partial charge in [-0.05, 0) is 19.1 Å². The second kappa shape index (κ2) is 6.83. The number of anilines is 1. The number of pyridine rings is 2. The molecule has 10 nitrogen and oxygen atoms in total. The molecule has 27 heavy (non-hydrogen) atoms. The molecule has 4 aromatic heterocycles. The molecular weight excluding hydrogens is 346 g/mol. The summed E-state index contributed by atoms with van der Waals surface area (Å²) in [6.07, 6.45) is 6.17. The quantitative estimate of drug-likeness (QED) is 0.540. The second-order valence-electron chi connectivity index (χ2n) is 5.79. The van der Waals surface area contributed by atoms with Gasteiger partial charge < -0.3 is 11.1 Å². The van der Waals surface area contributed by atoms with Crippen molar-refractivity contribution in [2.24, 2.45) is 0 Å². The monoisotopic (exact) mass is 363 g/mol. The van der Waals surface area contributed by atoms with E-state index in [1.54, 1.807) is 33.9 Å². The molecule has 0 aliphatic carbocycles. The number of fused-ring (bicyclic) bond motifs is 1. The summed E-state index contributed by atoms with van der Waals surface area (Å²) in [4.78, 5) is 29.4. The lowest BCUT2D eigenvalue weighted by molar-refractivity contribution is 0.0950. The minimum atomic E-state index is -0.262. The second-order valence-corrected chi connectivity index (χ2v) is 5.79. The van der Waals surface area contributed by atoms with E-state index >= 15 is 0 Å². The molecule has 1 amide bonds. The Morgan fingerprint density at radius 2 is 2.22 bits per heavy atom. The summed E-state index contributed by atoms with van der Waals surface area (Å²) in [5.74, 6) is 0.728. The number of nitrogen functional groups attached to an aromatic ring is 1. The lowest BCUT2D eigenvalue weighted by Gasteiger charge is -2.09. The van der Waals surface area contributed by atoms with E-state index in [0.29, 0.717) is 35.0 Å². The maximum atomic E-state index is 12.5. The van der Waals surface area contributed by atoms with Gasteiger partial charge in [-0.15, -0.1) is 0 Å². The molecule has 4 aromatic rings. The molecule has 0 saturated carbocycles. The molecule has 0 unspecified atom stereocenters. The SMILES string of the molecule is CCn1c(N)nc2cc(C(=O)NCc3cccnc3-n3cncn3)cnc21. The van der Waals surface area contributed by atoms with Crippen LogP contribution in [0, 0.1) is 0 Å². The Morgan fingerprint density at radius 1 is 1.33 bits per heavy atom. The van der Waals surface area contributed by atoms with Crippen LogP contribution in [-0.2, 0) is 13.1 Å². The van der Waals surface area contributed by atoms with E-state index in [4.69, 9.17) is 5.73 Å². The molecule has 0 aliphatic heterocycles. The predicted molar refractivity (Wildman–Crippen MR) is 97.9 cm³/mol. The Bertz CT molecular complexity index is 1100. The summed E-state index contributed by atoms with van der Waals surface area (Å²) in [6, 6.07) is 5.35. The van der Waals surface area contributed by atoms with Gasteiger partial charge in [0, 0.05) is 31.0 Å². The van der Waals surface area contributed by atoms with Crippen molar-refractivity contribution in [2.45, 2.75) is 20.0 Å². The minimum absolute atomic E-state index is 0.262. The average Bonchev–Trinajstić information content (AvgIpc) is 3.32. The summed E-state index contributed by atoms with van der Waals surface area (Å²) >= 11 is 0. The maximum absolute atomic E-state index is 12.5. The highest BCUT2D eigenvalue weighted by Gasteiger charge is 2.13. The third-order valence-corrected chi connectivity index (χ3v) is 4.14. The number of aryl methyl sites for hydroxylation is 1. The Hall–Kier alpha value is -3.82. The minimum Gasteiger partial charge on any atom is -0.369 e. The van der Waals surface area contributed by atoms with Gasteiger partial charge in [-0.2, -0.15) is 5.10 Å². The van der Waals surface area contributed by atoms with E-state index in [-0.39, 0.29) is 12.5 Å². The molecular formula is C17H17N9O. The lowest BCUT2D eigenvalue weighted by atomic mass is 10.2. The van der Waals surface area contributed by atoms with Gasteiger partial charge in [0.05, 0.1) is 5.56 Å². The van der Waals surface area contributed by atoms with Crippen LogP contribution in [0.1, 0.15) is 22.8 Å². The number of nitrogens with one attached hydrogen (secondary N) is 1. The van der Waals surface area contributed by atoms with Crippen LogP contribution in [0.3, 0.4) is 0 Å². The zero-order valence-corrected chi connectivity index (χ0v) is 14.6. The molecule has 4 heterocycles. The standard InChI is InChI=1S/C17H17N9O/c1-2-25-15-13(24-17(25)18)6-12(8-21-15)16(27)22-7-11-4-3-5-20-14(11)26-10-19-9-23-26/h3-6,8-10H,2,7H2,1H3,(H2,18,24)(H,22,27). The van der Waals surface area contributed by atoms with Crippen LogP contribution in [0.4, 0.5) is 5.95 Å². The Morgan fingerprint density at radius 3 is 3.00 bits per heavy atom. The van der Waals surface area contributed by atoms with Gasteiger partial charge in [0.2, 0.25) is 5.95 Å². The van der Waals surface area contributed by atoms with Crippen molar-refractivity contribution in [3.05, 3.63) is 54.4 Å². The molecule has 136 valence electrons. The van der Waals surface area contributed by atoms with E-state index in [1.165, 1.54) is 12.5 Å². The van der Waals surface area contributed by atoms with E-state index in [2.05, 4.69) is 30.4 Å². The number of hydrogen-bond donors (Lipinski definition) is 2. The van der Waals surface area contributed by atoms with E-state index in [9.17, 15) is 4.79 Å². The van der Waals surface area contributed by atoms with Gasteiger partial charge in [0.25, 0.3) is 5.91 Å². The molecule has 4 rings (SSSR count). The van der Waals surface area contributed by atoms with Crippen LogP contribution < -0.4 is 11.1 Å². The van der Waals surface area contributed by atoms with Crippen LogP contribution in [0.15, 0.2) is 43.2 Å². The predicted octanol–water partition coefficient (Wildman–Crippen LogP) is 0.939. The number of imidazole rings is 1. The van der Waals surface area contributed by atoms with Crippen molar-refractivity contribution >= 4 is 23.0 Å². The van der Waals surface area contributed by atoms with Crippen molar-refractivity contribution in [1.82, 2.24) is 39.6 Å². The molecule has 0 spiro atoms. The van der Waals surface area contributed by atoms with E-state index in [0.717, 1.165) is 5.56 Å². The molecule has 0 aromatic carbocycles. The highest BCUT2D eigenvalue weighted by atomic mass is 16.1. The van der Waals surface area contributed by atoms with Crippen LogP contribution in [0.2, 0.25) is 0 Å². The van der Waals surface area contributed by atoms with Crippen molar-refractivity contribution in [2.75, 3.05) is 5.73 Å². The van der Waals surface area contributed by atoms with Crippen LogP contribution >= 0.6 is 0 Å². The van der Waals surface area contributed by atoms with Crippen molar-refractivity contribution in [1.29, 1.82) is 0 Å². The average molecular weight is 363 g/mol. The zero-order chi connectivity index (χ0) is 18.8. The molecule has 0 aliphatic rings. The van der Waals surface area contributed by atoms with E-state index < -0.39 is 0 Å². The Balaban J connectivity index is 1.55. The van der Waals surface area contributed by atoms with Gasteiger partial charge in [0.1, 0.15) is 18.2 Å². The van der Waals surface area contributed by atoms with Gasteiger partial charge >= 0.3 is 0 Å². The summed E-state index contributed by atoms with van der Waals surface area (Å²) in [5.41, 5.74) is 8.35. The summed E-state index contributed by atoms with van der Waals surface area (Å²) in [5, 5.41) is 6.95. The van der Waals surface area contributed by atoms with Crippen LogP contribution in [0.25, 0.3) is 17.0 Å². The topological polar surface area (TPSA) is 129 Å². The molecule has 0 bridgehead atoms. The molecule has 0 radical (unpaired) electrons. The third-order valence-electron chi connectivity index (χ3n) is 4.14. The first-order valence-corrected chi connectivity index (χ1v) is 8.36. The number of aromatic nitrogens is 7. The maximum Gasteiger partial charge on any atom is 0.253 e. The molecule has 3 N–H and O–H groups in total. The molecule has 10 heteroatoms. The summed E-state index contributed by atoms with van der Waals surface area (Å²) < 4.78 is 3.34. The lowest BCUT2D eigenvalue weighted by Crippen LogP contribution is -2.24. The Labute approximate surface area is 154 Å². The summed E-state index contributed by atoms with van der Waals surface area (Å²) in [6.45, 7) is 2.90. The molecule has 0 saturated heterocycles. The zero-order valence-electron chi connectivity index (χ0n) is 14.6. The van der Waals surface area contributed by atoms with Gasteiger partial charge in [-0.25, -0.2) is 24.6 Å². The van der Waals surface area contributed by atoms with Crippen molar-refractivity contribution < 1.29 is 4.79 Å². The fourth-order valence-corrected chi connectivity index (χ4v) is 2.83. The molecule has 0 atom stereocenters. The normalized spacial score (nSPS) is 11.0. The fraction of sp³-hybridized carbons (Fsp3) is 0.176. The third kappa shape index (κ3) is 3.08. The van der Waals surface area contributed by atoms with Gasteiger partial charge in [-0.3, -0.25) is 9.36 Å². The number of carbonyl (C=O) groups excluding carboxylic acids is 1. The van der Waals surface area contributed by atoms with Crippen molar-refractivity contribution in [3.8, 4) is 5.82 Å². The van der Waals surface area contributed by atoms with Crippen molar-refractivity contribution in [3.63, 3.8) is 0 Å². The number of amides is 1. The number of hydrogen-bond acceptors (Lipinski definition) is 7. The fourth-order valence-electron chi connectivity index (χ4n) is 2.83. The first-order valence-electron chi connectivity index (χ1n) is 8.36. The largest absolute Gasteiger partial charge is 0.369 e. The van der Waals surface area contributed by atoms with Crippen LogP contribution in [0.5, 0.6) is 0 Å². The van der Waals surface area contributed by atoms with Gasteiger partial charge in [-0.1, -0.05) is 6.07 Å². The first-order chi connectivity index (χ1) is 13.2. The number of nitrogens with two attached hydrogens (primary N) is 1. The number of rotatable bonds is 5. The number of carbonyl (C=O) groups is 1.